The summed E-state index contributed by atoms with van der Waals surface area (Å²) in [5, 5.41) is 0. The van der Waals surface area contributed by atoms with Crippen LogP contribution in [0.15, 0.2) is 120 Å². The smallest absolute Gasteiger partial charge is 0.255 e. The van der Waals surface area contributed by atoms with E-state index >= 15 is 0 Å². The van der Waals surface area contributed by atoms with Gasteiger partial charge in [0, 0.05) is 24.2 Å². The zero-order valence-corrected chi connectivity index (χ0v) is 20.0. The Kier molecular flexibility index (Phi) is 6.90. The number of amides is 1. The first-order chi connectivity index (χ1) is 17.7. The molecule has 178 valence electrons. The number of oxazole rings is 1. The molecule has 0 spiro atoms. The number of benzene rings is 4. The SMILES string of the molecule is COc1ccc(-c2cnc(-c3ccccc3C(=O)N(Cc3ccccc3)Cc3ccccc3)o2)cc1. The Balaban J connectivity index is 1.47. The second kappa shape index (κ2) is 10.7. The summed E-state index contributed by atoms with van der Waals surface area (Å²) in [5.41, 5.74) is 4.23. The molecule has 0 bridgehead atoms. The molecule has 0 aliphatic carbocycles. The van der Waals surface area contributed by atoms with Crippen LogP contribution >= 0.6 is 0 Å². The Morgan fingerprint density at radius 3 is 1.97 bits per heavy atom. The molecule has 0 radical (unpaired) electrons. The molecule has 0 N–H and O–H groups in total. The molecular weight excluding hydrogens is 448 g/mol. The third kappa shape index (κ3) is 5.20. The van der Waals surface area contributed by atoms with Gasteiger partial charge in [-0.1, -0.05) is 72.8 Å². The summed E-state index contributed by atoms with van der Waals surface area (Å²) in [5.74, 6) is 1.72. The van der Waals surface area contributed by atoms with E-state index in [4.69, 9.17) is 9.15 Å². The van der Waals surface area contributed by atoms with Crippen molar-refractivity contribution in [1.29, 1.82) is 0 Å². The molecule has 0 unspecified atom stereocenters. The van der Waals surface area contributed by atoms with Gasteiger partial charge in [0.05, 0.1) is 18.9 Å². The number of nitrogens with zero attached hydrogens (tertiary/aromatic N) is 2. The number of aromatic nitrogens is 1. The summed E-state index contributed by atoms with van der Waals surface area (Å²) in [6.45, 7) is 0.983. The molecule has 0 atom stereocenters. The number of ether oxygens (including phenoxy) is 1. The second-order valence-electron chi connectivity index (χ2n) is 8.44. The summed E-state index contributed by atoms with van der Waals surface area (Å²) in [6.07, 6.45) is 1.68. The fraction of sp³-hybridized carbons (Fsp3) is 0.0968. The third-order valence-corrected chi connectivity index (χ3v) is 5.99. The highest BCUT2D eigenvalue weighted by Gasteiger charge is 2.22. The minimum absolute atomic E-state index is 0.0810. The topological polar surface area (TPSA) is 55.6 Å². The van der Waals surface area contributed by atoms with Crippen LogP contribution in [0.5, 0.6) is 5.75 Å². The Hall–Kier alpha value is -4.64. The Labute approximate surface area is 210 Å². The molecule has 5 nitrogen and oxygen atoms in total. The summed E-state index contributed by atoms with van der Waals surface area (Å²) in [4.78, 5) is 20.3. The van der Waals surface area contributed by atoms with Gasteiger partial charge in [-0.15, -0.1) is 0 Å². The number of hydrogen-bond donors (Lipinski definition) is 0. The maximum absolute atomic E-state index is 13.9. The summed E-state index contributed by atoms with van der Waals surface area (Å²) >= 11 is 0. The molecule has 1 aromatic heterocycles. The number of carbonyl (C=O) groups excluding carboxylic acids is 1. The predicted octanol–water partition coefficient (Wildman–Crippen LogP) is 6.86. The van der Waals surface area contributed by atoms with Crippen molar-refractivity contribution < 1.29 is 13.9 Å². The average molecular weight is 475 g/mol. The Bertz CT molecular complexity index is 1390. The first-order valence-electron chi connectivity index (χ1n) is 11.8. The minimum atomic E-state index is -0.0810. The summed E-state index contributed by atoms with van der Waals surface area (Å²) < 4.78 is 11.4. The molecule has 0 aliphatic heterocycles. The average Bonchev–Trinajstić information content (AvgIpc) is 3.44. The largest absolute Gasteiger partial charge is 0.497 e. The molecule has 4 aromatic carbocycles. The zero-order chi connectivity index (χ0) is 24.7. The van der Waals surface area contributed by atoms with Crippen LogP contribution in [-0.4, -0.2) is 22.9 Å². The van der Waals surface area contributed by atoms with E-state index in [-0.39, 0.29) is 5.91 Å². The van der Waals surface area contributed by atoms with Crippen molar-refractivity contribution in [3.05, 3.63) is 132 Å². The van der Waals surface area contributed by atoms with Crippen molar-refractivity contribution in [1.82, 2.24) is 9.88 Å². The van der Waals surface area contributed by atoms with Gasteiger partial charge in [-0.2, -0.15) is 0 Å². The van der Waals surface area contributed by atoms with Crippen molar-refractivity contribution in [2.45, 2.75) is 13.1 Å². The molecule has 0 saturated heterocycles. The summed E-state index contributed by atoms with van der Waals surface area (Å²) in [7, 11) is 1.63. The lowest BCUT2D eigenvalue weighted by Gasteiger charge is -2.24. The van der Waals surface area contributed by atoms with E-state index in [1.807, 2.05) is 114 Å². The monoisotopic (exact) mass is 474 g/mol. The highest BCUT2D eigenvalue weighted by Crippen LogP contribution is 2.30. The standard InChI is InChI=1S/C31H26N2O3/c1-35-26-18-16-25(17-19-26)29-20-32-30(36-29)27-14-8-9-15-28(27)31(34)33(21-23-10-4-2-5-11-23)22-24-12-6-3-7-13-24/h2-20H,21-22H2,1H3. The zero-order valence-electron chi connectivity index (χ0n) is 20.0. The first-order valence-corrected chi connectivity index (χ1v) is 11.8. The third-order valence-electron chi connectivity index (χ3n) is 5.99. The van der Waals surface area contributed by atoms with Gasteiger partial charge < -0.3 is 14.1 Å². The fourth-order valence-corrected chi connectivity index (χ4v) is 4.12. The van der Waals surface area contributed by atoms with E-state index in [2.05, 4.69) is 4.98 Å². The quantitative estimate of drug-likeness (QED) is 0.247. The van der Waals surface area contributed by atoms with Gasteiger partial charge in [-0.3, -0.25) is 4.79 Å². The molecule has 1 amide bonds. The summed E-state index contributed by atoms with van der Waals surface area (Å²) in [6, 6.07) is 35.1. The molecular formula is C31H26N2O3. The molecule has 36 heavy (non-hydrogen) atoms. The lowest BCUT2D eigenvalue weighted by atomic mass is 10.0. The van der Waals surface area contributed by atoms with Gasteiger partial charge in [-0.25, -0.2) is 4.98 Å². The predicted molar refractivity (Wildman–Crippen MR) is 140 cm³/mol. The van der Waals surface area contributed by atoms with E-state index in [0.717, 1.165) is 22.4 Å². The maximum Gasteiger partial charge on any atom is 0.255 e. The number of hydrogen-bond acceptors (Lipinski definition) is 4. The number of rotatable bonds is 8. The van der Waals surface area contributed by atoms with E-state index < -0.39 is 0 Å². The molecule has 5 heteroatoms. The van der Waals surface area contributed by atoms with Crippen LogP contribution in [0.1, 0.15) is 21.5 Å². The Morgan fingerprint density at radius 2 is 1.36 bits per heavy atom. The highest BCUT2D eigenvalue weighted by molar-refractivity contribution is 6.00. The van der Waals surface area contributed by atoms with E-state index in [1.165, 1.54) is 0 Å². The Morgan fingerprint density at radius 1 is 0.778 bits per heavy atom. The van der Waals surface area contributed by atoms with E-state index in [1.54, 1.807) is 13.3 Å². The van der Waals surface area contributed by atoms with Gasteiger partial charge in [0.2, 0.25) is 5.89 Å². The van der Waals surface area contributed by atoms with Crippen LogP contribution in [0.25, 0.3) is 22.8 Å². The fourth-order valence-electron chi connectivity index (χ4n) is 4.12. The van der Waals surface area contributed by atoms with Gasteiger partial charge in [0.15, 0.2) is 5.76 Å². The number of carbonyl (C=O) groups is 1. The van der Waals surface area contributed by atoms with Gasteiger partial charge >= 0.3 is 0 Å². The maximum atomic E-state index is 13.9. The van der Waals surface area contributed by atoms with Crippen molar-refractivity contribution in [2.75, 3.05) is 7.11 Å². The normalized spacial score (nSPS) is 10.7. The lowest BCUT2D eigenvalue weighted by Crippen LogP contribution is -2.30. The van der Waals surface area contributed by atoms with E-state index in [9.17, 15) is 4.79 Å². The highest BCUT2D eigenvalue weighted by atomic mass is 16.5. The second-order valence-corrected chi connectivity index (χ2v) is 8.44. The van der Waals surface area contributed by atoms with Crippen molar-refractivity contribution in [3.63, 3.8) is 0 Å². The van der Waals surface area contributed by atoms with E-state index in [0.29, 0.717) is 35.9 Å². The van der Waals surface area contributed by atoms with Crippen LogP contribution in [0.2, 0.25) is 0 Å². The molecule has 0 fully saturated rings. The van der Waals surface area contributed by atoms with Crippen LogP contribution in [-0.2, 0) is 13.1 Å². The van der Waals surface area contributed by atoms with Crippen molar-refractivity contribution in [2.24, 2.45) is 0 Å². The van der Waals surface area contributed by atoms with Gasteiger partial charge in [-0.05, 0) is 47.5 Å². The van der Waals surface area contributed by atoms with Crippen molar-refractivity contribution >= 4 is 5.91 Å². The molecule has 5 rings (SSSR count). The van der Waals surface area contributed by atoms with Gasteiger partial charge in [0.1, 0.15) is 5.75 Å². The van der Waals surface area contributed by atoms with Crippen LogP contribution < -0.4 is 4.74 Å². The van der Waals surface area contributed by atoms with Crippen LogP contribution in [0.4, 0.5) is 0 Å². The van der Waals surface area contributed by atoms with Crippen LogP contribution in [0.3, 0.4) is 0 Å². The molecule has 1 heterocycles. The van der Waals surface area contributed by atoms with Gasteiger partial charge in [0.25, 0.3) is 5.91 Å². The molecule has 0 aliphatic rings. The lowest BCUT2D eigenvalue weighted by molar-refractivity contribution is 0.0730. The first kappa shape index (κ1) is 23.1. The number of methoxy groups -OCH3 is 1. The van der Waals surface area contributed by atoms with Crippen LogP contribution in [0, 0.1) is 0 Å². The minimum Gasteiger partial charge on any atom is -0.497 e. The molecule has 5 aromatic rings. The molecule has 0 saturated carbocycles. The van der Waals surface area contributed by atoms with Crippen molar-refractivity contribution in [3.8, 4) is 28.5 Å².